The highest BCUT2D eigenvalue weighted by atomic mass is 32.3. The van der Waals surface area contributed by atoms with E-state index in [2.05, 4.69) is 35.3 Å². The molecular formula is C15H22N2O2S. The first-order valence-corrected chi connectivity index (χ1v) is 9.11. The van der Waals surface area contributed by atoms with Crippen LogP contribution in [0.4, 0.5) is 11.4 Å². The highest BCUT2D eigenvalue weighted by Crippen LogP contribution is 2.33. The first kappa shape index (κ1) is 16.4. The van der Waals surface area contributed by atoms with Gasteiger partial charge in [-0.1, -0.05) is 5.92 Å². The Balaban J connectivity index is 3.29. The molecule has 0 aliphatic carbocycles. The Kier molecular flexibility index (Phi) is 4.72. The van der Waals surface area contributed by atoms with Gasteiger partial charge in [-0.15, -0.1) is 0 Å². The van der Waals surface area contributed by atoms with E-state index in [1.54, 1.807) is 6.07 Å². The molecule has 5 heteroatoms. The Bertz CT molecular complexity index is 572. The van der Waals surface area contributed by atoms with Gasteiger partial charge in [-0.05, 0) is 50.9 Å². The summed E-state index contributed by atoms with van der Waals surface area (Å²) in [5, 5.41) is 17.4. The molecule has 1 aromatic carbocycles. The molecule has 0 saturated heterocycles. The largest absolute Gasteiger partial charge is 0.379 e. The molecule has 1 aromatic rings. The Morgan fingerprint density at radius 3 is 2.30 bits per heavy atom. The van der Waals surface area contributed by atoms with Crippen molar-refractivity contribution in [2.24, 2.45) is 0 Å². The Morgan fingerprint density at radius 2 is 1.85 bits per heavy atom. The Labute approximate surface area is 122 Å². The first-order valence-electron chi connectivity index (χ1n) is 6.26. The normalized spacial score (nSPS) is 12.3. The van der Waals surface area contributed by atoms with E-state index >= 15 is 0 Å². The third kappa shape index (κ3) is 5.54. The minimum atomic E-state index is -0.975. The third-order valence-corrected chi connectivity index (χ3v) is 2.93. The zero-order chi connectivity index (χ0) is 15.6. The summed E-state index contributed by atoms with van der Waals surface area (Å²) in [6.45, 7) is 6.13. The number of nitrogens with zero attached hydrogens (tertiary/aromatic N) is 1. The number of anilines is 1. The van der Waals surface area contributed by atoms with Gasteiger partial charge in [0.05, 0.1) is 16.2 Å². The predicted molar refractivity (Wildman–Crippen MR) is 88.7 cm³/mol. The molecule has 0 heterocycles. The van der Waals surface area contributed by atoms with E-state index in [0.29, 0.717) is 5.56 Å². The molecular weight excluding hydrogens is 272 g/mol. The summed E-state index contributed by atoms with van der Waals surface area (Å²) in [6, 6.07) is 4.76. The smallest absolute Gasteiger partial charge is 0.270 e. The molecule has 1 N–H and O–H groups in total. The van der Waals surface area contributed by atoms with Gasteiger partial charge in [0.1, 0.15) is 0 Å². The second kappa shape index (κ2) is 5.76. The van der Waals surface area contributed by atoms with E-state index in [1.807, 2.05) is 20.8 Å². The summed E-state index contributed by atoms with van der Waals surface area (Å²) in [5.41, 5.74) is 1.45. The SMILES string of the molecule is CC(C)(C)Nc1ccc([N+](=O)[O-])cc1C#CS(C)(C)C. The van der Waals surface area contributed by atoms with Crippen molar-refractivity contribution in [1.29, 1.82) is 0 Å². The quantitative estimate of drug-likeness (QED) is 0.512. The number of benzene rings is 1. The van der Waals surface area contributed by atoms with Crippen LogP contribution in [0.15, 0.2) is 18.2 Å². The highest BCUT2D eigenvalue weighted by molar-refractivity contribution is 8.35. The van der Waals surface area contributed by atoms with Crippen LogP contribution < -0.4 is 5.32 Å². The number of nitrogens with one attached hydrogen (secondary N) is 1. The number of hydrogen-bond donors (Lipinski definition) is 1. The summed E-state index contributed by atoms with van der Waals surface area (Å²) in [7, 11) is -0.975. The van der Waals surface area contributed by atoms with E-state index in [1.165, 1.54) is 12.1 Å². The molecule has 4 nitrogen and oxygen atoms in total. The maximum absolute atomic E-state index is 10.9. The molecule has 0 unspecified atom stereocenters. The molecule has 0 bridgehead atoms. The summed E-state index contributed by atoms with van der Waals surface area (Å²) >= 11 is 0. The lowest BCUT2D eigenvalue weighted by Crippen LogP contribution is -2.26. The lowest BCUT2D eigenvalue weighted by atomic mass is 10.1. The molecule has 110 valence electrons. The average Bonchev–Trinajstić information content (AvgIpc) is 2.24. The van der Waals surface area contributed by atoms with Crippen LogP contribution in [0, 0.1) is 21.3 Å². The Hall–Kier alpha value is -1.67. The van der Waals surface area contributed by atoms with Gasteiger partial charge in [0, 0.05) is 17.7 Å². The van der Waals surface area contributed by atoms with E-state index in [9.17, 15) is 10.1 Å². The van der Waals surface area contributed by atoms with Crippen LogP contribution in [-0.4, -0.2) is 29.2 Å². The molecule has 0 aliphatic rings. The van der Waals surface area contributed by atoms with Crippen LogP contribution in [-0.2, 0) is 0 Å². The van der Waals surface area contributed by atoms with Gasteiger partial charge in [-0.25, -0.2) is 0 Å². The predicted octanol–water partition coefficient (Wildman–Crippen LogP) is 3.81. The van der Waals surface area contributed by atoms with Crippen molar-refractivity contribution in [3.05, 3.63) is 33.9 Å². The lowest BCUT2D eigenvalue weighted by Gasteiger charge is -2.23. The number of nitro benzene ring substituents is 1. The van der Waals surface area contributed by atoms with E-state index in [-0.39, 0.29) is 11.2 Å². The number of nitro groups is 1. The van der Waals surface area contributed by atoms with Gasteiger partial charge in [-0.2, -0.15) is 10.0 Å². The minimum absolute atomic E-state index is 0.0673. The van der Waals surface area contributed by atoms with Gasteiger partial charge in [0.2, 0.25) is 0 Å². The summed E-state index contributed by atoms with van der Waals surface area (Å²) in [4.78, 5) is 10.5. The second-order valence-corrected chi connectivity index (χ2v) is 10.3. The van der Waals surface area contributed by atoms with Crippen molar-refractivity contribution in [1.82, 2.24) is 0 Å². The molecule has 0 aromatic heterocycles. The number of hydrogen-bond acceptors (Lipinski definition) is 3. The summed E-state index contributed by atoms with van der Waals surface area (Å²) in [6.07, 6.45) is 6.27. The van der Waals surface area contributed by atoms with Crippen LogP contribution >= 0.6 is 10.0 Å². The van der Waals surface area contributed by atoms with Crippen molar-refractivity contribution in [2.45, 2.75) is 26.3 Å². The van der Waals surface area contributed by atoms with E-state index in [0.717, 1.165) is 5.69 Å². The highest BCUT2D eigenvalue weighted by Gasteiger charge is 2.15. The second-order valence-electron chi connectivity index (χ2n) is 6.43. The van der Waals surface area contributed by atoms with Gasteiger partial charge < -0.3 is 5.32 Å². The van der Waals surface area contributed by atoms with Crippen molar-refractivity contribution >= 4 is 21.4 Å². The molecule has 0 fully saturated rings. The van der Waals surface area contributed by atoms with Gasteiger partial charge in [0.15, 0.2) is 0 Å². The van der Waals surface area contributed by atoms with Crippen LogP contribution in [0.5, 0.6) is 0 Å². The molecule has 0 aliphatic heterocycles. The summed E-state index contributed by atoms with van der Waals surface area (Å²) in [5.74, 6) is 3.09. The van der Waals surface area contributed by atoms with Crippen LogP contribution in [0.25, 0.3) is 0 Å². The first-order chi connectivity index (χ1) is 8.98. The standard InChI is InChI=1S/C15H22N2O2S/c1-15(2,3)16-14-8-7-13(17(18)19)11-12(14)9-10-20(4,5)6/h7-8,11,16H,1-6H3. The van der Waals surface area contributed by atoms with Crippen LogP contribution in [0.2, 0.25) is 0 Å². The molecule has 0 atom stereocenters. The van der Waals surface area contributed by atoms with E-state index in [4.69, 9.17) is 0 Å². The zero-order valence-electron chi connectivity index (χ0n) is 12.9. The van der Waals surface area contributed by atoms with Crippen molar-refractivity contribution in [3.8, 4) is 11.2 Å². The van der Waals surface area contributed by atoms with E-state index < -0.39 is 15.0 Å². The van der Waals surface area contributed by atoms with Gasteiger partial charge >= 0.3 is 0 Å². The minimum Gasteiger partial charge on any atom is -0.379 e. The molecule has 1 rings (SSSR count). The fourth-order valence-electron chi connectivity index (χ4n) is 1.47. The molecule has 0 radical (unpaired) electrons. The lowest BCUT2D eigenvalue weighted by molar-refractivity contribution is -0.384. The molecule has 20 heavy (non-hydrogen) atoms. The average molecular weight is 294 g/mol. The van der Waals surface area contributed by atoms with Gasteiger partial charge in [-0.3, -0.25) is 10.1 Å². The summed E-state index contributed by atoms with van der Waals surface area (Å²) < 4.78 is 0. The number of non-ortho nitro benzene ring substituents is 1. The fourth-order valence-corrected chi connectivity index (χ4v) is 1.89. The van der Waals surface area contributed by atoms with Crippen LogP contribution in [0.1, 0.15) is 26.3 Å². The van der Waals surface area contributed by atoms with Crippen molar-refractivity contribution in [3.63, 3.8) is 0 Å². The fraction of sp³-hybridized carbons (Fsp3) is 0.467. The van der Waals surface area contributed by atoms with Gasteiger partial charge in [0.25, 0.3) is 5.69 Å². The molecule has 0 amide bonds. The molecule has 0 saturated carbocycles. The number of rotatable bonds is 2. The zero-order valence-corrected chi connectivity index (χ0v) is 13.7. The maximum Gasteiger partial charge on any atom is 0.270 e. The molecule has 0 spiro atoms. The van der Waals surface area contributed by atoms with Crippen molar-refractivity contribution in [2.75, 3.05) is 24.1 Å². The monoisotopic (exact) mass is 294 g/mol. The topological polar surface area (TPSA) is 55.2 Å². The van der Waals surface area contributed by atoms with Crippen molar-refractivity contribution < 1.29 is 4.92 Å². The Morgan fingerprint density at radius 1 is 1.25 bits per heavy atom. The maximum atomic E-state index is 10.9. The van der Waals surface area contributed by atoms with Crippen LogP contribution in [0.3, 0.4) is 0 Å². The third-order valence-electron chi connectivity index (χ3n) is 2.22.